The van der Waals surface area contributed by atoms with E-state index in [9.17, 15) is 8.42 Å². The molecule has 0 unspecified atom stereocenters. The van der Waals surface area contributed by atoms with E-state index in [0.717, 1.165) is 18.6 Å². The second-order valence-electron chi connectivity index (χ2n) is 2.89. The van der Waals surface area contributed by atoms with Crippen molar-refractivity contribution in [1.82, 2.24) is 0 Å². The molecule has 0 aromatic heterocycles. The van der Waals surface area contributed by atoms with Gasteiger partial charge in [-0.05, 0) is 19.1 Å². The molecule has 0 spiro atoms. The van der Waals surface area contributed by atoms with Crippen LogP contribution in [0.5, 0.6) is 0 Å². The van der Waals surface area contributed by atoms with Crippen LogP contribution < -0.4 is 0 Å². The zero-order chi connectivity index (χ0) is 7.83. The van der Waals surface area contributed by atoms with Crippen LogP contribution in [-0.4, -0.2) is 31.4 Å². The van der Waals surface area contributed by atoms with Crippen LogP contribution in [0.4, 0.5) is 0 Å². The number of hydrogen-bond donors (Lipinski definition) is 0. The molecule has 1 fully saturated rings. The highest BCUT2D eigenvalue weighted by Gasteiger charge is 2.51. The third-order valence-corrected chi connectivity index (χ3v) is 5.15. The number of thioether (sulfide) groups is 1. The molecular weight excluding hydrogens is 168 g/mol. The molecule has 0 radical (unpaired) electrons. The van der Waals surface area contributed by atoms with Crippen molar-refractivity contribution in [3.8, 4) is 0 Å². The molecule has 1 saturated carbocycles. The summed E-state index contributed by atoms with van der Waals surface area (Å²) >= 11 is 1.62. The average molecular weight is 180 g/mol. The van der Waals surface area contributed by atoms with E-state index in [0.29, 0.717) is 0 Å². The van der Waals surface area contributed by atoms with Crippen molar-refractivity contribution >= 4 is 21.6 Å². The monoisotopic (exact) mass is 180 g/mol. The average Bonchev–Trinajstić information content (AvgIpc) is 2.45. The Morgan fingerprint density at radius 1 is 1.50 bits per heavy atom. The van der Waals surface area contributed by atoms with Gasteiger partial charge in [0.2, 0.25) is 0 Å². The van der Waals surface area contributed by atoms with E-state index in [1.807, 2.05) is 6.26 Å². The van der Waals surface area contributed by atoms with Crippen molar-refractivity contribution in [2.24, 2.45) is 0 Å². The second kappa shape index (κ2) is 2.41. The van der Waals surface area contributed by atoms with Crippen LogP contribution in [0.1, 0.15) is 12.8 Å². The van der Waals surface area contributed by atoms with Gasteiger partial charge in [0.25, 0.3) is 0 Å². The largest absolute Gasteiger partial charge is 0.229 e. The van der Waals surface area contributed by atoms with Gasteiger partial charge in [0.05, 0.1) is 4.75 Å². The minimum atomic E-state index is -2.77. The Bertz CT molecular complexity index is 214. The molecule has 1 aliphatic carbocycles. The van der Waals surface area contributed by atoms with Gasteiger partial charge in [-0.1, -0.05) is 0 Å². The molecule has 10 heavy (non-hydrogen) atoms. The third-order valence-electron chi connectivity index (χ3n) is 2.00. The van der Waals surface area contributed by atoms with E-state index in [-0.39, 0.29) is 4.75 Å². The Hall–Kier alpha value is 0.300. The van der Waals surface area contributed by atoms with Gasteiger partial charge < -0.3 is 0 Å². The van der Waals surface area contributed by atoms with Crippen LogP contribution in [0.2, 0.25) is 0 Å². The smallest absolute Gasteiger partial charge is 0.153 e. The lowest BCUT2D eigenvalue weighted by atomic mass is 10.5. The first kappa shape index (κ1) is 8.40. The standard InChI is InChI=1S/C6H12O2S2/c1-9-5-6(3-4-6)10(2,7)8/h3-5H2,1-2H3. The first-order valence-corrected chi connectivity index (χ1v) is 6.49. The van der Waals surface area contributed by atoms with Crippen molar-refractivity contribution in [1.29, 1.82) is 0 Å². The molecular formula is C6H12O2S2. The van der Waals surface area contributed by atoms with Crippen LogP contribution >= 0.6 is 11.8 Å². The van der Waals surface area contributed by atoms with Crippen LogP contribution in [-0.2, 0) is 9.84 Å². The van der Waals surface area contributed by atoms with Crippen molar-refractivity contribution in [2.75, 3.05) is 18.3 Å². The minimum Gasteiger partial charge on any atom is -0.229 e. The van der Waals surface area contributed by atoms with Gasteiger partial charge in [0.1, 0.15) is 0 Å². The predicted octanol–water partition coefficient (Wildman–Crippen LogP) is 0.927. The molecule has 0 atom stereocenters. The van der Waals surface area contributed by atoms with E-state index in [1.165, 1.54) is 6.26 Å². The summed E-state index contributed by atoms with van der Waals surface area (Å²) in [6.45, 7) is 0. The SMILES string of the molecule is CSCC1(S(C)(=O)=O)CC1. The predicted molar refractivity (Wildman–Crippen MR) is 45.2 cm³/mol. The Balaban J connectivity index is 2.71. The summed E-state index contributed by atoms with van der Waals surface area (Å²) in [6.07, 6.45) is 5.03. The molecule has 1 aliphatic rings. The summed E-state index contributed by atoms with van der Waals surface area (Å²) in [7, 11) is -2.77. The number of hydrogen-bond acceptors (Lipinski definition) is 3. The van der Waals surface area contributed by atoms with Crippen molar-refractivity contribution in [2.45, 2.75) is 17.6 Å². The summed E-state index contributed by atoms with van der Waals surface area (Å²) in [5.41, 5.74) is 0. The highest BCUT2D eigenvalue weighted by Crippen LogP contribution is 2.44. The van der Waals surface area contributed by atoms with Crippen molar-refractivity contribution < 1.29 is 8.42 Å². The second-order valence-corrected chi connectivity index (χ2v) is 6.16. The van der Waals surface area contributed by atoms with Crippen molar-refractivity contribution in [3.63, 3.8) is 0 Å². The number of rotatable bonds is 3. The van der Waals surface area contributed by atoms with Crippen molar-refractivity contribution in [3.05, 3.63) is 0 Å². The molecule has 0 heterocycles. The Kier molecular flexibility index (Phi) is 2.02. The lowest BCUT2D eigenvalue weighted by Crippen LogP contribution is -2.24. The Labute approximate surface area is 66.3 Å². The van der Waals surface area contributed by atoms with Gasteiger partial charge in [-0.2, -0.15) is 11.8 Å². The molecule has 2 nitrogen and oxygen atoms in total. The molecule has 0 aromatic carbocycles. The normalized spacial score (nSPS) is 22.6. The summed E-state index contributed by atoms with van der Waals surface area (Å²) in [4.78, 5) is 0. The van der Waals surface area contributed by atoms with Crippen LogP contribution in [0.25, 0.3) is 0 Å². The quantitative estimate of drug-likeness (QED) is 0.648. The van der Waals surface area contributed by atoms with E-state index in [1.54, 1.807) is 11.8 Å². The molecule has 0 saturated heterocycles. The topological polar surface area (TPSA) is 34.1 Å². The molecule has 0 aromatic rings. The zero-order valence-electron chi connectivity index (χ0n) is 6.25. The van der Waals surface area contributed by atoms with Gasteiger partial charge in [-0.3, -0.25) is 0 Å². The minimum absolute atomic E-state index is 0.327. The lowest BCUT2D eigenvalue weighted by molar-refractivity contribution is 0.589. The van der Waals surface area contributed by atoms with Gasteiger partial charge in [0.15, 0.2) is 9.84 Å². The molecule has 60 valence electrons. The van der Waals surface area contributed by atoms with Gasteiger partial charge >= 0.3 is 0 Å². The van der Waals surface area contributed by atoms with E-state index in [2.05, 4.69) is 0 Å². The summed E-state index contributed by atoms with van der Waals surface area (Å²) < 4.78 is 21.9. The summed E-state index contributed by atoms with van der Waals surface area (Å²) in [5.74, 6) is 0.770. The molecule has 1 rings (SSSR count). The van der Waals surface area contributed by atoms with Gasteiger partial charge in [-0.15, -0.1) is 0 Å². The molecule has 0 bridgehead atoms. The molecule has 0 amide bonds. The molecule has 4 heteroatoms. The zero-order valence-corrected chi connectivity index (χ0v) is 7.89. The van der Waals surface area contributed by atoms with Gasteiger partial charge in [-0.25, -0.2) is 8.42 Å². The van der Waals surface area contributed by atoms with Crippen LogP contribution in [0.3, 0.4) is 0 Å². The maximum Gasteiger partial charge on any atom is 0.153 e. The molecule has 0 aliphatic heterocycles. The molecule has 0 N–H and O–H groups in total. The summed E-state index contributed by atoms with van der Waals surface area (Å²) in [5, 5.41) is 0. The maximum absolute atomic E-state index is 11.1. The first-order valence-electron chi connectivity index (χ1n) is 3.20. The first-order chi connectivity index (χ1) is 4.52. The van der Waals surface area contributed by atoms with E-state index >= 15 is 0 Å². The van der Waals surface area contributed by atoms with E-state index < -0.39 is 9.84 Å². The van der Waals surface area contributed by atoms with Crippen LogP contribution in [0, 0.1) is 0 Å². The Morgan fingerprint density at radius 2 is 2.00 bits per heavy atom. The van der Waals surface area contributed by atoms with E-state index in [4.69, 9.17) is 0 Å². The maximum atomic E-state index is 11.1. The number of sulfone groups is 1. The van der Waals surface area contributed by atoms with Crippen LogP contribution in [0.15, 0.2) is 0 Å². The fourth-order valence-electron chi connectivity index (χ4n) is 1.02. The Morgan fingerprint density at radius 3 is 2.10 bits per heavy atom. The fraction of sp³-hybridized carbons (Fsp3) is 1.00. The highest BCUT2D eigenvalue weighted by molar-refractivity contribution is 8.00. The van der Waals surface area contributed by atoms with Gasteiger partial charge in [0, 0.05) is 12.0 Å². The third kappa shape index (κ3) is 1.32. The highest BCUT2D eigenvalue weighted by atomic mass is 32.2. The fourth-order valence-corrected chi connectivity index (χ4v) is 3.89. The lowest BCUT2D eigenvalue weighted by Gasteiger charge is -2.09. The summed E-state index contributed by atoms with van der Waals surface area (Å²) in [6, 6.07) is 0.